The van der Waals surface area contributed by atoms with E-state index in [9.17, 15) is 19.5 Å². The molecular formula is C25H26N2O7. The molecule has 1 atom stereocenters. The van der Waals surface area contributed by atoms with Gasteiger partial charge in [-0.2, -0.15) is 5.06 Å². The summed E-state index contributed by atoms with van der Waals surface area (Å²) in [5.41, 5.74) is 1.36. The van der Waals surface area contributed by atoms with E-state index in [2.05, 4.69) is 0 Å². The van der Waals surface area contributed by atoms with Crippen LogP contribution in [-0.2, 0) is 20.7 Å². The minimum Gasteiger partial charge on any atom is -0.480 e. The van der Waals surface area contributed by atoms with Gasteiger partial charge in [-0.3, -0.25) is 9.59 Å². The van der Waals surface area contributed by atoms with E-state index in [-0.39, 0.29) is 17.6 Å². The zero-order valence-corrected chi connectivity index (χ0v) is 19.0. The van der Waals surface area contributed by atoms with Crippen LogP contribution >= 0.6 is 0 Å². The van der Waals surface area contributed by atoms with Crippen molar-refractivity contribution < 1.29 is 28.7 Å². The first-order valence-electron chi connectivity index (χ1n) is 11.0. The summed E-state index contributed by atoms with van der Waals surface area (Å²) in [6.45, 7) is 5.22. The SMILES string of the molecule is CC(=O)N(Oc1ccc2c(=O)cc(N3CCOCC3)oc2c1C)[C@@H](Cc1ccccc1)C(=O)O. The summed E-state index contributed by atoms with van der Waals surface area (Å²) in [6.07, 6.45) is 0.0681. The molecule has 1 fully saturated rings. The number of benzene rings is 2. The maximum Gasteiger partial charge on any atom is 0.330 e. The van der Waals surface area contributed by atoms with Crippen molar-refractivity contribution in [3.05, 3.63) is 69.9 Å². The topological polar surface area (TPSA) is 110 Å². The Kier molecular flexibility index (Phi) is 6.83. The van der Waals surface area contributed by atoms with Gasteiger partial charge in [0.1, 0.15) is 5.58 Å². The van der Waals surface area contributed by atoms with Gasteiger partial charge < -0.3 is 24.0 Å². The van der Waals surface area contributed by atoms with Gasteiger partial charge >= 0.3 is 5.97 Å². The molecule has 0 aliphatic carbocycles. The molecule has 2 aromatic carbocycles. The van der Waals surface area contributed by atoms with Crippen molar-refractivity contribution in [1.82, 2.24) is 5.06 Å². The van der Waals surface area contributed by atoms with Gasteiger partial charge in [0.25, 0.3) is 5.91 Å². The first kappa shape index (κ1) is 23.3. The second-order valence-corrected chi connectivity index (χ2v) is 8.09. The van der Waals surface area contributed by atoms with Crippen LogP contribution in [0.5, 0.6) is 5.75 Å². The van der Waals surface area contributed by atoms with Gasteiger partial charge in [0, 0.05) is 38.1 Å². The Morgan fingerprint density at radius 2 is 1.85 bits per heavy atom. The number of aliphatic carboxylic acids is 1. The average molecular weight is 466 g/mol. The van der Waals surface area contributed by atoms with Gasteiger partial charge in [-0.05, 0) is 24.6 Å². The van der Waals surface area contributed by atoms with Crippen LogP contribution in [0.2, 0.25) is 0 Å². The molecule has 34 heavy (non-hydrogen) atoms. The van der Waals surface area contributed by atoms with Crippen molar-refractivity contribution >= 4 is 28.7 Å². The molecule has 0 radical (unpaired) electrons. The minimum absolute atomic E-state index is 0.0681. The molecule has 9 nitrogen and oxygen atoms in total. The van der Waals surface area contributed by atoms with Crippen LogP contribution in [0.15, 0.2) is 57.7 Å². The van der Waals surface area contributed by atoms with Gasteiger partial charge in [-0.15, -0.1) is 0 Å². The summed E-state index contributed by atoms with van der Waals surface area (Å²) in [5.74, 6) is -1.11. The largest absolute Gasteiger partial charge is 0.480 e. The number of anilines is 1. The molecule has 1 N–H and O–H groups in total. The number of aryl methyl sites for hydroxylation is 1. The van der Waals surface area contributed by atoms with E-state index < -0.39 is 17.9 Å². The van der Waals surface area contributed by atoms with Crippen LogP contribution in [0.3, 0.4) is 0 Å². The number of ether oxygens (including phenoxy) is 1. The summed E-state index contributed by atoms with van der Waals surface area (Å²) in [7, 11) is 0. The first-order valence-corrected chi connectivity index (χ1v) is 11.0. The first-order chi connectivity index (χ1) is 16.3. The van der Waals surface area contributed by atoms with Gasteiger partial charge in [0.15, 0.2) is 23.1 Å². The van der Waals surface area contributed by atoms with E-state index in [0.29, 0.717) is 48.7 Å². The smallest absolute Gasteiger partial charge is 0.330 e. The molecule has 1 amide bonds. The summed E-state index contributed by atoms with van der Waals surface area (Å²) < 4.78 is 11.4. The molecule has 0 saturated carbocycles. The molecule has 1 saturated heterocycles. The Morgan fingerprint density at radius 1 is 1.15 bits per heavy atom. The lowest BCUT2D eigenvalue weighted by atomic mass is 10.1. The molecule has 1 aliphatic rings. The third-order valence-electron chi connectivity index (χ3n) is 5.75. The van der Waals surface area contributed by atoms with Gasteiger partial charge in [0.05, 0.1) is 18.6 Å². The maximum absolute atomic E-state index is 12.7. The summed E-state index contributed by atoms with van der Waals surface area (Å²) in [6, 6.07) is 12.3. The Bertz CT molecular complexity index is 1250. The Morgan fingerprint density at radius 3 is 2.50 bits per heavy atom. The molecular weight excluding hydrogens is 440 g/mol. The number of amides is 1. The van der Waals surface area contributed by atoms with Crippen molar-refractivity contribution in [2.75, 3.05) is 31.2 Å². The lowest BCUT2D eigenvalue weighted by molar-refractivity contribution is -0.175. The van der Waals surface area contributed by atoms with Crippen LogP contribution in [0.4, 0.5) is 5.88 Å². The molecule has 4 rings (SSSR count). The normalized spacial score (nSPS) is 14.6. The second kappa shape index (κ2) is 9.96. The summed E-state index contributed by atoms with van der Waals surface area (Å²) in [5, 5.41) is 11.1. The lowest BCUT2D eigenvalue weighted by Crippen LogP contribution is -2.47. The summed E-state index contributed by atoms with van der Waals surface area (Å²) >= 11 is 0. The molecule has 178 valence electrons. The Balaban J connectivity index is 1.69. The van der Waals surface area contributed by atoms with Crippen molar-refractivity contribution in [2.24, 2.45) is 0 Å². The number of morpholine rings is 1. The number of carboxylic acid groups (broad SMARTS) is 1. The van der Waals surface area contributed by atoms with Crippen LogP contribution in [0, 0.1) is 6.92 Å². The molecule has 0 bridgehead atoms. The van der Waals surface area contributed by atoms with E-state index >= 15 is 0 Å². The monoisotopic (exact) mass is 466 g/mol. The fourth-order valence-electron chi connectivity index (χ4n) is 3.92. The quantitative estimate of drug-likeness (QED) is 0.530. The zero-order valence-electron chi connectivity index (χ0n) is 19.0. The van der Waals surface area contributed by atoms with Crippen LogP contribution < -0.4 is 15.2 Å². The molecule has 3 aromatic rings. The highest BCUT2D eigenvalue weighted by Crippen LogP contribution is 2.30. The second-order valence-electron chi connectivity index (χ2n) is 8.09. The number of hydrogen-bond donors (Lipinski definition) is 1. The minimum atomic E-state index is -1.25. The zero-order chi connectivity index (χ0) is 24.2. The van der Waals surface area contributed by atoms with Gasteiger partial charge in [-0.25, -0.2) is 4.79 Å². The fraction of sp³-hybridized carbons (Fsp3) is 0.320. The Hall–Kier alpha value is -3.85. The van der Waals surface area contributed by atoms with E-state index in [0.717, 1.165) is 10.6 Å². The number of carbonyl (C=O) groups excluding carboxylic acids is 1. The lowest BCUT2D eigenvalue weighted by Gasteiger charge is -2.28. The average Bonchev–Trinajstić information content (AvgIpc) is 2.83. The van der Waals surface area contributed by atoms with Crippen molar-refractivity contribution in [3.63, 3.8) is 0 Å². The molecule has 0 unspecified atom stereocenters. The third-order valence-corrected chi connectivity index (χ3v) is 5.75. The highest BCUT2D eigenvalue weighted by Gasteiger charge is 2.31. The Labute approximate surface area is 196 Å². The summed E-state index contributed by atoms with van der Waals surface area (Å²) in [4.78, 5) is 45.0. The molecule has 9 heteroatoms. The van der Waals surface area contributed by atoms with Crippen molar-refractivity contribution in [1.29, 1.82) is 0 Å². The number of carboxylic acids is 1. The highest BCUT2D eigenvalue weighted by atomic mass is 16.7. The van der Waals surface area contributed by atoms with Crippen LogP contribution in [0.25, 0.3) is 11.0 Å². The number of fused-ring (bicyclic) bond motifs is 1. The fourth-order valence-corrected chi connectivity index (χ4v) is 3.92. The predicted molar refractivity (Wildman–Crippen MR) is 125 cm³/mol. The standard InChI is InChI=1S/C25H26N2O7/c1-16-22(34-27(17(2)28)20(25(30)31)14-18-6-4-3-5-7-18)9-8-19-21(29)15-23(33-24(16)19)26-10-12-32-13-11-26/h3-9,15,20H,10-14H2,1-2H3,(H,30,31)/t20-/m0/s1. The van der Waals surface area contributed by atoms with Gasteiger partial charge in [0.2, 0.25) is 0 Å². The number of rotatable bonds is 7. The molecule has 1 aromatic heterocycles. The number of nitrogens with zero attached hydrogens (tertiary/aromatic N) is 2. The van der Waals surface area contributed by atoms with Crippen molar-refractivity contribution in [2.45, 2.75) is 26.3 Å². The van der Waals surface area contributed by atoms with Crippen LogP contribution in [-0.4, -0.2) is 54.4 Å². The van der Waals surface area contributed by atoms with E-state index in [4.69, 9.17) is 14.0 Å². The molecule has 1 aliphatic heterocycles. The predicted octanol–water partition coefficient (Wildman–Crippen LogP) is 2.78. The molecule has 0 spiro atoms. The maximum atomic E-state index is 12.7. The van der Waals surface area contributed by atoms with E-state index in [1.807, 2.05) is 11.0 Å². The van der Waals surface area contributed by atoms with Gasteiger partial charge in [-0.1, -0.05) is 30.3 Å². The van der Waals surface area contributed by atoms with E-state index in [1.165, 1.54) is 13.0 Å². The van der Waals surface area contributed by atoms with Crippen LogP contribution in [0.1, 0.15) is 18.1 Å². The number of carbonyl (C=O) groups is 2. The van der Waals surface area contributed by atoms with E-state index in [1.54, 1.807) is 43.3 Å². The van der Waals surface area contributed by atoms with Crippen molar-refractivity contribution in [3.8, 4) is 5.75 Å². The third kappa shape index (κ3) is 4.89. The highest BCUT2D eigenvalue weighted by molar-refractivity contribution is 5.84. The molecule has 2 heterocycles. The number of hydrogen-bond acceptors (Lipinski definition) is 7. The number of hydroxylamine groups is 2.